The van der Waals surface area contributed by atoms with Gasteiger partial charge >= 0.3 is 0 Å². The summed E-state index contributed by atoms with van der Waals surface area (Å²) in [6.07, 6.45) is 3.40. The van der Waals surface area contributed by atoms with Gasteiger partial charge in [-0.25, -0.2) is 0 Å². The molecule has 1 aromatic carbocycles. The normalized spacial score (nSPS) is 20.9. The van der Waals surface area contributed by atoms with Crippen molar-refractivity contribution in [2.24, 2.45) is 10.9 Å². The van der Waals surface area contributed by atoms with Crippen LogP contribution in [0.1, 0.15) is 25.3 Å². The molecule has 1 unspecified atom stereocenters. The molecule has 0 aliphatic carbocycles. The number of piperidine rings is 1. The second-order valence-corrected chi connectivity index (χ2v) is 6.93. The summed E-state index contributed by atoms with van der Waals surface area (Å²) in [5.41, 5.74) is 1.14. The summed E-state index contributed by atoms with van der Waals surface area (Å²) in [6, 6.07) is 3.98. The van der Waals surface area contributed by atoms with Crippen LogP contribution in [0.25, 0.3) is 0 Å². The highest BCUT2D eigenvalue weighted by atomic mass is 35.5. The number of nitrogens with one attached hydrogen (secondary N) is 1. The zero-order valence-corrected chi connectivity index (χ0v) is 15.2. The van der Waals surface area contributed by atoms with Gasteiger partial charge in [-0.2, -0.15) is 0 Å². The molecule has 0 saturated carbocycles. The standard InChI is InChI=1S/C18H26ClN3O2/c1-13-4-3-7-22(12-13)18(20-2)21-6-5-14-10-15(19)17-16(11-14)23-8-9-24-17/h10-11,13H,3-9,12H2,1-2H3,(H,20,21). The molecule has 2 aliphatic heterocycles. The topological polar surface area (TPSA) is 46.1 Å². The smallest absolute Gasteiger partial charge is 0.193 e. The molecule has 24 heavy (non-hydrogen) atoms. The number of nitrogens with zero attached hydrogens (tertiary/aromatic N) is 2. The largest absolute Gasteiger partial charge is 0.486 e. The Morgan fingerprint density at radius 2 is 2.21 bits per heavy atom. The lowest BCUT2D eigenvalue weighted by atomic mass is 10.0. The zero-order valence-electron chi connectivity index (χ0n) is 14.5. The Bertz CT molecular complexity index is 606. The van der Waals surface area contributed by atoms with Gasteiger partial charge < -0.3 is 19.7 Å². The van der Waals surface area contributed by atoms with Crippen molar-refractivity contribution in [2.45, 2.75) is 26.2 Å². The van der Waals surface area contributed by atoms with Gasteiger partial charge in [-0.15, -0.1) is 0 Å². The Morgan fingerprint density at radius 1 is 1.38 bits per heavy atom. The molecule has 2 aliphatic rings. The van der Waals surface area contributed by atoms with Crippen molar-refractivity contribution < 1.29 is 9.47 Å². The summed E-state index contributed by atoms with van der Waals surface area (Å²) in [5.74, 6) is 3.13. The maximum atomic E-state index is 6.30. The number of likely N-dealkylation sites (tertiary alicyclic amines) is 1. The van der Waals surface area contributed by atoms with Crippen LogP contribution in [0.4, 0.5) is 0 Å². The lowest BCUT2D eigenvalue weighted by Crippen LogP contribution is -2.46. The highest BCUT2D eigenvalue weighted by Crippen LogP contribution is 2.38. The van der Waals surface area contributed by atoms with E-state index in [-0.39, 0.29) is 0 Å². The van der Waals surface area contributed by atoms with E-state index >= 15 is 0 Å². The molecular formula is C18H26ClN3O2. The Hall–Kier alpha value is -1.62. The first-order valence-electron chi connectivity index (χ1n) is 8.71. The lowest BCUT2D eigenvalue weighted by Gasteiger charge is -2.33. The minimum Gasteiger partial charge on any atom is -0.486 e. The third kappa shape index (κ3) is 4.07. The fourth-order valence-corrected chi connectivity index (χ4v) is 3.63. The molecule has 0 radical (unpaired) electrons. The van der Waals surface area contributed by atoms with Crippen molar-refractivity contribution in [3.05, 3.63) is 22.7 Å². The molecule has 0 spiro atoms. The van der Waals surface area contributed by atoms with E-state index in [0.29, 0.717) is 24.0 Å². The number of hydrogen-bond donors (Lipinski definition) is 1. The van der Waals surface area contributed by atoms with Crippen LogP contribution in [0, 0.1) is 5.92 Å². The quantitative estimate of drug-likeness (QED) is 0.671. The second kappa shape index (κ2) is 7.97. The van der Waals surface area contributed by atoms with Crippen molar-refractivity contribution in [3.63, 3.8) is 0 Å². The number of hydrogen-bond acceptors (Lipinski definition) is 3. The van der Waals surface area contributed by atoms with Crippen molar-refractivity contribution in [3.8, 4) is 11.5 Å². The van der Waals surface area contributed by atoms with Gasteiger partial charge in [-0.3, -0.25) is 4.99 Å². The van der Waals surface area contributed by atoms with Gasteiger partial charge in [0.2, 0.25) is 0 Å². The molecule has 0 amide bonds. The number of fused-ring (bicyclic) bond motifs is 1. The first-order valence-corrected chi connectivity index (χ1v) is 9.09. The van der Waals surface area contributed by atoms with E-state index in [4.69, 9.17) is 21.1 Å². The summed E-state index contributed by atoms with van der Waals surface area (Å²) in [7, 11) is 1.85. The predicted molar refractivity (Wildman–Crippen MR) is 97.5 cm³/mol. The molecule has 1 atom stereocenters. The monoisotopic (exact) mass is 351 g/mol. The second-order valence-electron chi connectivity index (χ2n) is 6.52. The minimum atomic E-state index is 0.554. The number of benzene rings is 1. The first kappa shape index (κ1) is 17.2. The van der Waals surface area contributed by atoms with E-state index in [1.807, 2.05) is 19.2 Å². The van der Waals surface area contributed by atoms with E-state index in [9.17, 15) is 0 Å². The molecule has 3 rings (SSSR count). The summed E-state index contributed by atoms with van der Waals surface area (Å²) >= 11 is 6.30. The van der Waals surface area contributed by atoms with Gasteiger partial charge in [0.1, 0.15) is 13.2 Å². The Labute approximate surface area is 149 Å². The van der Waals surface area contributed by atoms with Crippen LogP contribution in [0.15, 0.2) is 17.1 Å². The van der Waals surface area contributed by atoms with Crippen LogP contribution >= 0.6 is 11.6 Å². The minimum absolute atomic E-state index is 0.554. The van der Waals surface area contributed by atoms with Gasteiger partial charge in [-0.05, 0) is 42.9 Å². The fourth-order valence-electron chi connectivity index (χ4n) is 3.34. The maximum Gasteiger partial charge on any atom is 0.193 e. The van der Waals surface area contributed by atoms with Crippen LogP contribution in [-0.4, -0.2) is 50.8 Å². The highest BCUT2D eigenvalue weighted by molar-refractivity contribution is 6.32. The van der Waals surface area contributed by atoms with E-state index in [2.05, 4.69) is 22.1 Å². The molecule has 1 N–H and O–H groups in total. The molecule has 2 heterocycles. The average molecular weight is 352 g/mol. The van der Waals surface area contributed by atoms with Crippen molar-refractivity contribution in [2.75, 3.05) is 39.9 Å². The van der Waals surface area contributed by atoms with E-state index in [1.165, 1.54) is 12.8 Å². The maximum absolute atomic E-state index is 6.30. The van der Waals surface area contributed by atoms with Crippen molar-refractivity contribution in [1.82, 2.24) is 10.2 Å². The molecule has 0 bridgehead atoms. The van der Waals surface area contributed by atoms with Gasteiger partial charge in [0.15, 0.2) is 17.5 Å². The SMILES string of the molecule is CN=C(NCCc1cc(Cl)c2c(c1)OCCO2)N1CCCC(C)C1. The third-order valence-electron chi connectivity index (χ3n) is 4.52. The molecule has 132 valence electrons. The van der Waals surface area contributed by atoms with Crippen molar-refractivity contribution in [1.29, 1.82) is 0 Å². The number of ether oxygens (including phenoxy) is 2. The van der Waals surface area contributed by atoms with Gasteiger partial charge in [-0.1, -0.05) is 18.5 Å². The average Bonchev–Trinajstić information content (AvgIpc) is 2.59. The third-order valence-corrected chi connectivity index (χ3v) is 4.80. The Morgan fingerprint density at radius 3 is 3.00 bits per heavy atom. The zero-order chi connectivity index (χ0) is 16.9. The van der Waals surface area contributed by atoms with Gasteiger partial charge in [0, 0.05) is 26.7 Å². The molecule has 5 nitrogen and oxygen atoms in total. The van der Waals surface area contributed by atoms with Crippen LogP contribution < -0.4 is 14.8 Å². The summed E-state index contributed by atoms with van der Waals surface area (Å²) < 4.78 is 11.2. The van der Waals surface area contributed by atoms with E-state index in [1.54, 1.807) is 0 Å². The molecule has 1 aromatic rings. The highest BCUT2D eigenvalue weighted by Gasteiger charge is 2.19. The number of halogens is 1. The van der Waals surface area contributed by atoms with Crippen LogP contribution in [0.5, 0.6) is 11.5 Å². The van der Waals surface area contributed by atoms with Crippen molar-refractivity contribution >= 4 is 17.6 Å². The number of guanidine groups is 1. The number of rotatable bonds is 3. The summed E-state index contributed by atoms with van der Waals surface area (Å²) in [6.45, 7) is 6.41. The number of aliphatic imine (C=N–C) groups is 1. The van der Waals surface area contributed by atoms with Gasteiger partial charge in [0.25, 0.3) is 0 Å². The van der Waals surface area contributed by atoms with Crippen LogP contribution in [-0.2, 0) is 6.42 Å². The predicted octanol–water partition coefficient (Wildman–Crippen LogP) is 2.96. The summed E-state index contributed by atoms with van der Waals surface area (Å²) in [5, 5.41) is 4.09. The summed E-state index contributed by atoms with van der Waals surface area (Å²) in [4.78, 5) is 6.78. The van der Waals surface area contributed by atoms with Crippen LogP contribution in [0.2, 0.25) is 5.02 Å². The first-order chi connectivity index (χ1) is 11.7. The van der Waals surface area contributed by atoms with Gasteiger partial charge in [0.05, 0.1) is 5.02 Å². The van der Waals surface area contributed by atoms with E-state index in [0.717, 1.165) is 49.2 Å². The molecule has 6 heteroatoms. The Balaban J connectivity index is 1.56. The van der Waals surface area contributed by atoms with E-state index < -0.39 is 0 Å². The molecule has 1 saturated heterocycles. The Kier molecular flexibility index (Phi) is 5.72. The molecular weight excluding hydrogens is 326 g/mol. The lowest BCUT2D eigenvalue weighted by molar-refractivity contribution is 0.171. The molecule has 1 fully saturated rings. The fraction of sp³-hybridized carbons (Fsp3) is 0.611. The van der Waals surface area contributed by atoms with Crippen LogP contribution in [0.3, 0.4) is 0 Å². The molecule has 0 aromatic heterocycles.